The van der Waals surface area contributed by atoms with Crippen LogP contribution in [-0.4, -0.2) is 36.1 Å². The second kappa shape index (κ2) is 6.92. The molecule has 0 aliphatic carbocycles. The molecule has 20 heavy (non-hydrogen) atoms. The van der Waals surface area contributed by atoms with E-state index >= 15 is 0 Å². The quantitative estimate of drug-likeness (QED) is 0.882. The fourth-order valence-corrected chi connectivity index (χ4v) is 3.34. The van der Waals surface area contributed by atoms with Crippen molar-refractivity contribution in [2.24, 2.45) is 5.73 Å². The van der Waals surface area contributed by atoms with E-state index in [1.807, 2.05) is 6.07 Å². The molecule has 2 rings (SSSR count). The molecule has 1 aromatic carbocycles. The Hall–Kier alpha value is -0.580. The number of nitrogens with two attached hydrogens (primary N) is 1. The number of hydrogen-bond donors (Lipinski definition) is 2. The Morgan fingerprint density at radius 2 is 2.05 bits per heavy atom. The van der Waals surface area contributed by atoms with Gasteiger partial charge in [0.25, 0.3) is 0 Å². The molecule has 1 heterocycles. The minimum Gasteiger partial charge on any atom is -0.377 e. The lowest BCUT2D eigenvalue weighted by molar-refractivity contribution is 0.227. The fraction of sp³-hybridized carbons (Fsp3) is 0.625. The van der Waals surface area contributed by atoms with E-state index in [2.05, 4.69) is 58.2 Å². The van der Waals surface area contributed by atoms with Crippen LogP contribution in [0.5, 0.6) is 0 Å². The van der Waals surface area contributed by atoms with E-state index in [0.29, 0.717) is 12.6 Å². The summed E-state index contributed by atoms with van der Waals surface area (Å²) in [4.78, 5) is 2.55. The predicted molar refractivity (Wildman–Crippen MR) is 90.1 cm³/mol. The average Bonchev–Trinajstić information content (AvgIpc) is 2.65. The molecule has 112 valence electrons. The van der Waals surface area contributed by atoms with Crippen LogP contribution in [0.4, 0.5) is 5.69 Å². The number of nitrogens with zero attached hydrogens (tertiary/aromatic N) is 1. The molecule has 0 aromatic heterocycles. The highest BCUT2D eigenvalue weighted by molar-refractivity contribution is 9.10. The summed E-state index contributed by atoms with van der Waals surface area (Å²) in [5.41, 5.74) is 7.30. The number of benzene rings is 1. The topological polar surface area (TPSA) is 41.3 Å². The number of rotatable bonds is 4. The molecule has 0 amide bonds. The van der Waals surface area contributed by atoms with Crippen LogP contribution in [0.2, 0.25) is 0 Å². The lowest BCUT2D eigenvalue weighted by Crippen LogP contribution is -2.46. The van der Waals surface area contributed by atoms with Gasteiger partial charge in [-0.15, -0.1) is 0 Å². The predicted octanol–water partition coefficient (Wildman–Crippen LogP) is 3.45. The zero-order valence-corrected chi connectivity index (χ0v) is 14.1. The van der Waals surface area contributed by atoms with Crippen LogP contribution in [-0.2, 0) is 0 Å². The smallest absolute Gasteiger partial charge is 0.0508 e. The lowest BCUT2D eigenvalue weighted by atomic mass is 9.90. The van der Waals surface area contributed by atoms with Gasteiger partial charge in [-0.3, -0.25) is 0 Å². The summed E-state index contributed by atoms with van der Waals surface area (Å²) in [5, 5.41) is 3.71. The van der Waals surface area contributed by atoms with Gasteiger partial charge in [0.2, 0.25) is 0 Å². The average molecular weight is 340 g/mol. The Labute approximate surface area is 131 Å². The molecule has 1 unspecified atom stereocenters. The zero-order valence-electron chi connectivity index (χ0n) is 12.5. The standard InChI is InChI=1S/C16H26BrN3/c1-13(2)20-10-5-8-16(12-18,9-11-20)19-15-7-4-3-6-14(15)17/h3-4,6-7,13,19H,5,8-12,18H2,1-2H3. The molecule has 0 bridgehead atoms. The van der Waals surface area contributed by atoms with Crippen LogP contribution in [0.15, 0.2) is 28.7 Å². The first-order valence-corrected chi connectivity index (χ1v) is 8.32. The number of halogens is 1. The summed E-state index contributed by atoms with van der Waals surface area (Å²) < 4.78 is 1.11. The Balaban J connectivity index is 2.12. The summed E-state index contributed by atoms with van der Waals surface area (Å²) in [6.45, 7) is 7.52. The van der Waals surface area contributed by atoms with Gasteiger partial charge in [0, 0.05) is 29.3 Å². The molecule has 1 atom stereocenters. The van der Waals surface area contributed by atoms with Crippen molar-refractivity contribution >= 4 is 21.6 Å². The van der Waals surface area contributed by atoms with E-state index < -0.39 is 0 Å². The largest absolute Gasteiger partial charge is 0.377 e. The fourth-order valence-electron chi connectivity index (χ4n) is 2.96. The summed E-state index contributed by atoms with van der Waals surface area (Å²) >= 11 is 3.62. The molecule has 1 saturated heterocycles. The molecule has 4 heteroatoms. The van der Waals surface area contributed by atoms with Crippen LogP contribution < -0.4 is 11.1 Å². The van der Waals surface area contributed by atoms with Crippen molar-refractivity contribution in [1.82, 2.24) is 4.90 Å². The summed E-state index contributed by atoms with van der Waals surface area (Å²) in [6, 6.07) is 8.91. The first-order valence-electron chi connectivity index (χ1n) is 7.53. The van der Waals surface area contributed by atoms with Gasteiger partial charge in [-0.05, 0) is 67.7 Å². The first-order chi connectivity index (χ1) is 9.56. The lowest BCUT2D eigenvalue weighted by Gasteiger charge is -2.34. The molecule has 1 aliphatic heterocycles. The molecule has 3 N–H and O–H groups in total. The number of para-hydroxylation sites is 1. The monoisotopic (exact) mass is 339 g/mol. The van der Waals surface area contributed by atoms with E-state index in [1.54, 1.807) is 0 Å². The molecule has 0 spiro atoms. The Kier molecular flexibility index (Phi) is 5.47. The Morgan fingerprint density at radius 3 is 2.70 bits per heavy atom. The van der Waals surface area contributed by atoms with Gasteiger partial charge in [-0.1, -0.05) is 12.1 Å². The van der Waals surface area contributed by atoms with Crippen LogP contribution in [0.3, 0.4) is 0 Å². The van der Waals surface area contributed by atoms with Crippen molar-refractivity contribution < 1.29 is 0 Å². The normalized spacial score (nSPS) is 24.6. The van der Waals surface area contributed by atoms with E-state index in [9.17, 15) is 0 Å². The number of hydrogen-bond acceptors (Lipinski definition) is 3. The van der Waals surface area contributed by atoms with Crippen LogP contribution in [0.25, 0.3) is 0 Å². The third-order valence-electron chi connectivity index (χ3n) is 4.37. The van der Waals surface area contributed by atoms with Crippen molar-refractivity contribution in [3.63, 3.8) is 0 Å². The molecule has 0 saturated carbocycles. The maximum Gasteiger partial charge on any atom is 0.0508 e. The molecule has 3 nitrogen and oxygen atoms in total. The number of likely N-dealkylation sites (tertiary alicyclic amines) is 1. The molecule has 0 radical (unpaired) electrons. The van der Waals surface area contributed by atoms with Gasteiger partial charge in [-0.2, -0.15) is 0 Å². The molecular formula is C16H26BrN3. The van der Waals surface area contributed by atoms with Gasteiger partial charge >= 0.3 is 0 Å². The maximum absolute atomic E-state index is 6.13. The van der Waals surface area contributed by atoms with Crippen molar-refractivity contribution in [3.8, 4) is 0 Å². The van der Waals surface area contributed by atoms with Gasteiger partial charge in [-0.25, -0.2) is 0 Å². The second-order valence-corrected chi connectivity index (χ2v) is 6.93. The van der Waals surface area contributed by atoms with Crippen molar-refractivity contribution in [3.05, 3.63) is 28.7 Å². The third kappa shape index (κ3) is 3.74. The summed E-state index contributed by atoms with van der Waals surface area (Å²) in [5.74, 6) is 0. The SMILES string of the molecule is CC(C)N1CCCC(CN)(Nc2ccccc2Br)CC1. The van der Waals surface area contributed by atoms with Crippen molar-refractivity contribution in [2.45, 2.75) is 44.7 Å². The van der Waals surface area contributed by atoms with Crippen LogP contribution in [0, 0.1) is 0 Å². The summed E-state index contributed by atoms with van der Waals surface area (Å²) in [6.07, 6.45) is 3.43. The first kappa shape index (κ1) is 15.8. The highest BCUT2D eigenvalue weighted by atomic mass is 79.9. The highest BCUT2D eigenvalue weighted by Gasteiger charge is 2.32. The second-order valence-electron chi connectivity index (χ2n) is 6.07. The van der Waals surface area contributed by atoms with Crippen LogP contribution in [0.1, 0.15) is 33.1 Å². The Morgan fingerprint density at radius 1 is 1.30 bits per heavy atom. The highest BCUT2D eigenvalue weighted by Crippen LogP contribution is 2.30. The minimum atomic E-state index is 0.0213. The van der Waals surface area contributed by atoms with E-state index in [-0.39, 0.29) is 5.54 Å². The van der Waals surface area contributed by atoms with E-state index in [0.717, 1.165) is 29.5 Å². The van der Waals surface area contributed by atoms with E-state index in [4.69, 9.17) is 5.73 Å². The van der Waals surface area contributed by atoms with E-state index in [1.165, 1.54) is 13.0 Å². The third-order valence-corrected chi connectivity index (χ3v) is 5.06. The molecular weight excluding hydrogens is 314 g/mol. The number of nitrogens with one attached hydrogen (secondary N) is 1. The van der Waals surface area contributed by atoms with Crippen molar-refractivity contribution in [1.29, 1.82) is 0 Å². The molecule has 1 aliphatic rings. The van der Waals surface area contributed by atoms with Gasteiger partial charge in [0.15, 0.2) is 0 Å². The maximum atomic E-state index is 6.13. The summed E-state index contributed by atoms with van der Waals surface area (Å²) in [7, 11) is 0. The molecule has 1 fully saturated rings. The van der Waals surface area contributed by atoms with Crippen molar-refractivity contribution in [2.75, 3.05) is 25.0 Å². The zero-order chi connectivity index (χ0) is 14.6. The minimum absolute atomic E-state index is 0.0213. The van der Waals surface area contributed by atoms with Gasteiger partial charge < -0.3 is 16.0 Å². The Bertz CT molecular complexity index is 435. The van der Waals surface area contributed by atoms with Gasteiger partial charge in [0.1, 0.15) is 0 Å². The molecule has 1 aromatic rings. The van der Waals surface area contributed by atoms with Crippen LogP contribution >= 0.6 is 15.9 Å². The van der Waals surface area contributed by atoms with Gasteiger partial charge in [0.05, 0.1) is 5.54 Å². The number of anilines is 1.